The van der Waals surface area contributed by atoms with E-state index in [2.05, 4.69) is 56.1 Å². The van der Waals surface area contributed by atoms with Crippen molar-refractivity contribution in [2.24, 2.45) is 5.92 Å². The summed E-state index contributed by atoms with van der Waals surface area (Å²) in [6.07, 6.45) is 0. The average molecular weight is 288 g/mol. The first-order chi connectivity index (χ1) is 10.2. The van der Waals surface area contributed by atoms with Crippen LogP contribution in [0.2, 0.25) is 0 Å². The lowest BCUT2D eigenvalue weighted by Gasteiger charge is -2.18. The summed E-state index contributed by atoms with van der Waals surface area (Å²) in [6, 6.07) is 8.36. The van der Waals surface area contributed by atoms with E-state index in [-0.39, 0.29) is 0 Å². The van der Waals surface area contributed by atoms with E-state index in [0.717, 1.165) is 44.1 Å². The monoisotopic (exact) mass is 288 g/mol. The van der Waals surface area contributed by atoms with Crippen molar-refractivity contribution in [3.8, 4) is 0 Å². The standard InChI is InChI=1S/C18H28N2O/c1-5-20(6-2)13-16-15-9-7-8-10-17(15)21-18(16)12-19-11-14(3)4/h7-10,14,19H,5-6,11-13H2,1-4H3. The van der Waals surface area contributed by atoms with E-state index in [9.17, 15) is 0 Å². The van der Waals surface area contributed by atoms with E-state index < -0.39 is 0 Å². The number of nitrogens with zero attached hydrogens (tertiary/aromatic N) is 1. The molecule has 1 N–H and O–H groups in total. The minimum absolute atomic E-state index is 0.653. The zero-order chi connectivity index (χ0) is 15.2. The van der Waals surface area contributed by atoms with Crippen LogP contribution in [0.3, 0.4) is 0 Å². The Kier molecular flexibility index (Phi) is 5.83. The topological polar surface area (TPSA) is 28.4 Å². The number of benzene rings is 1. The molecule has 21 heavy (non-hydrogen) atoms. The number of rotatable bonds is 8. The molecule has 2 aromatic rings. The molecule has 0 saturated heterocycles. The first-order valence-corrected chi connectivity index (χ1v) is 8.08. The largest absolute Gasteiger partial charge is 0.459 e. The van der Waals surface area contributed by atoms with E-state index in [4.69, 9.17) is 4.42 Å². The smallest absolute Gasteiger partial charge is 0.134 e. The number of furan rings is 1. The van der Waals surface area contributed by atoms with Crippen LogP contribution in [0.15, 0.2) is 28.7 Å². The molecule has 0 aliphatic heterocycles. The summed E-state index contributed by atoms with van der Waals surface area (Å²) in [7, 11) is 0. The molecule has 3 heteroatoms. The third kappa shape index (κ3) is 4.08. The van der Waals surface area contributed by atoms with Crippen LogP contribution >= 0.6 is 0 Å². The molecule has 3 nitrogen and oxygen atoms in total. The predicted octanol–water partition coefficient (Wildman–Crippen LogP) is 4.02. The Morgan fingerprint density at radius 1 is 1.14 bits per heavy atom. The maximum atomic E-state index is 6.08. The van der Waals surface area contributed by atoms with Gasteiger partial charge in [-0.2, -0.15) is 0 Å². The van der Waals surface area contributed by atoms with Gasteiger partial charge in [-0.25, -0.2) is 0 Å². The van der Waals surface area contributed by atoms with Crippen LogP contribution in [-0.4, -0.2) is 24.5 Å². The molecule has 0 aliphatic carbocycles. The first-order valence-electron chi connectivity index (χ1n) is 8.08. The summed E-state index contributed by atoms with van der Waals surface area (Å²) < 4.78 is 6.08. The summed E-state index contributed by atoms with van der Waals surface area (Å²) in [5.74, 6) is 1.74. The minimum atomic E-state index is 0.653. The van der Waals surface area contributed by atoms with Crippen molar-refractivity contribution < 1.29 is 4.42 Å². The molecule has 0 saturated carbocycles. The van der Waals surface area contributed by atoms with Gasteiger partial charge in [0.25, 0.3) is 0 Å². The van der Waals surface area contributed by atoms with Crippen LogP contribution in [0.4, 0.5) is 0 Å². The van der Waals surface area contributed by atoms with E-state index in [1.807, 2.05) is 6.07 Å². The molecule has 0 atom stereocenters. The van der Waals surface area contributed by atoms with Crippen molar-refractivity contribution in [3.63, 3.8) is 0 Å². The Morgan fingerprint density at radius 3 is 2.52 bits per heavy atom. The predicted molar refractivity (Wildman–Crippen MR) is 89.4 cm³/mol. The fourth-order valence-corrected chi connectivity index (χ4v) is 2.61. The van der Waals surface area contributed by atoms with Crippen LogP contribution in [0.25, 0.3) is 11.0 Å². The number of hydrogen-bond acceptors (Lipinski definition) is 3. The summed E-state index contributed by atoms with van der Waals surface area (Å²) in [5, 5.41) is 4.75. The van der Waals surface area contributed by atoms with Gasteiger partial charge in [-0.15, -0.1) is 0 Å². The van der Waals surface area contributed by atoms with Crippen LogP contribution in [0.5, 0.6) is 0 Å². The van der Waals surface area contributed by atoms with E-state index >= 15 is 0 Å². The van der Waals surface area contributed by atoms with Crippen LogP contribution in [0.1, 0.15) is 39.0 Å². The van der Waals surface area contributed by atoms with Crippen molar-refractivity contribution >= 4 is 11.0 Å². The fraction of sp³-hybridized carbons (Fsp3) is 0.556. The fourth-order valence-electron chi connectivity index (χ4n) is 2.61. The Labute approximate surface area is 128 Å². The lowest BCUT2D eigenvalue weighted by atomic mass is 10.1. The highest BCUT2D eigenvalue weighted by molar-refractivity contribution is 5.82. The Bertz CT molecular complexity index is 555. The van der Waals surface area contributed by atoms with Crippen molar-refractivity contribution in [2.75, 3.05) is 19.6 Å². The Morgan fingerprint density at radius 2 is 1.86 bits per heavy atom. The lowest BCUT2D eigenvalue weighted by Crippen LogP contribution is -2.24. The van der Waals surface area contributed by atoms with Gasteiger partial charge in [0.05, 0.1) is 6.54 Å². The highest BCUT2D eigenvalue weighted by atomic mass is 16.3. The van der Waals surface area contributed by atoms with Gasteiger partial charge in [-0.1, -0.05) is 45.9 Å². The van der Waals surface area contributed by atoms with Gasteiger partial charge in [0.2, 0.25) is 0 Å². The Hall–Kier alpha value is -1.32. The van der Waals surface area contributed by atoms with Crippen molar-refractivity contribution in [3.05, 3.63) is 35.6 Å². The highest BCUT2D eigenvalue weighted by Gasteiger charge is 2.15. The summed E-state index contributed by atoms with van der Waals surface area (Å²) >= 11 is 0. The molecular weight excluding hydrogens is 260 g/mol. The highest BCUT2D eigenvalue weighted by Crippen LogP contribution is 2.27. The number of fused-ring (bicyclic) bond motifs is 1. The second-order valence-electron chi connectivity index (χ2n) is 5.99. The van der Waals surface area contributed by atoms with E-state index in [1.165, 1.54) is 10.9 Å². The number of para-hydroxylation sites is 1. The summed E-state index contributed by atoms with van der Waals surface area (Å²) in [5.41, 5.74) is 2.34. The lowest BCUT2D eigenvalue weighted by molar-refractivity contribution is 0.293. The maximum Gasteiger partial charge on any atom is 0.134 e. The van der Waals surface area contributed by atoms with Crippen molar-refractivity contribution in [1.29, 1.82) is 0 Å². The van der Waals surface area contributed by atoms with Gasteiger partial charge in [-0.3, -0.25) is 4.90 Å². The molecule has 0 radical (unpaired) electrons. The maximum absolute atomic E-state index is 6.08. The molecule has 116 valence electrons. The average Bonchev–Trinajstić information content (AvgIpc) is 2.82. The molecule has 1 aromatic heterocycles. The van der Waals surface area contributed by atoms with E-state index in [0.29, 0.717) is 5.92 Å². The quantitative estimate of drug-likeness (QED) is 0.795. The first kappa shape index (κ1) is 16.1. The van der Waals surface area contributed by atoms with Crippen molar-refractivity contribution in [2.45, 2.75) is 40.8 Å². The normalized spacial score (nSPS) is 11.9. The molecule has 0 spiro atoms. The molecule has 1 heterocycles. The number of nitrogens with one attached hydrogen (secondary N) is 1. The second kappa shape index (κ2) is 7.62. The van der Waals surface area contributed by atoms with Crippen LogP contribution in [-0.2, 0) is 13.1 Å². The zero-order valence-electron chi connectivity index (χ0n) is 13.8. The van der Waals surface area contributed by atoms with Gasteiger partial charge in [0.1, 0.15) is 11.3 Å². The van der Waals surface area contributed by atoms with Gasteiger partial charge >= 0.3 is 0 Å². The van der Waals surface area contributed by atoms with Crippen molar-refractivity contribution in [1.82, 2.24) is 10.2 Å². The third-order valence-corrected chi connectivity index (χ3v) is 3.90. The van der Waals surface area contributed by atoms with E-state index in [1.54, 1.807) is 0 Å². The second-order valence-corrected chi connectivity index (χ2v) is 5.99. The summed E-state index contributed by atoms with van der Waals surface area (Å²) in [4.78, 5) is 2.43. The SMILES string of the molecule is CCN(CC)Cc1c(CNCC(C)C)oc2ccccc12. The molecule has 0 unspecified atom stereocenters. The molecule has 1 aromatic carbocycles. The molecule has 0 aliphatic rings. The van der Waals surface area contributed by atoms with Gasteiger partial charge in [-0.05, 0) is 31.6 Å². The third-order valence-electron chi connectivity index (χ3n) is 3.90. The van der Waals surface area contributed by atoms with Gasteiger partial charge in [0.15, 0.2) is 0 Å². The zero-order valence-corrected chi connectivity index (χ0v) is 13.8. The van der Waals surface area contributed by atoms with Crippen LogP contribution in [0, 0.1) is 5.92 Å². The molecule has 2 rings (SSSR count). The molecule has 0 bridgehead atoms. The number of hydrogen-bond donors (Lipinski definition) is 1. The summed E-state index contributed by atoms with van der Waals surface area (Å²) in [6.45, 7) is 13.8. The Balaban J connectivity index is 2.25. The van der Waals surface area contributed by atoms with Gasteiger partial charge < -0.3 is 9.73 Å². The van der Waals surface area contributed by atoms with Gasteiger partial charge in [0, 0.05) is 17.5 Å². The molecule has 0 fully saturated rings. The molecular formula is C18H28N2O. The minimum Gasteiger partial charge on any atom is -0.459 e. The van der Waals surface area contributed by atoms with Crippen LogP contribution < -0.4 is 5.32 Å². The molecule has 0 amide bonds.